The molecule has 1 N–H and O–H groups in total. The molecule has 3 aliphatic rings. The number of nitrogens with zero attached hydrogens (tertiary/aromatic N) is 1. The molecule has 2 saturated heterocycles. The van der Waals surface area contributed by atoms with Crippen LogP contribution in [0.2, 0.25) is 0 Å². The second-order valence-electron chi connectivity index (χ2n) is 7.05. The Hall–Kier alpha value is -1.10. The quantitative estimate of drug-likeness (QED) is 0.839. The highest BCUT2D eigenvalue weighted by Crippen LogP contribution is 2.36. The van der Waals surface area contributed by atoms with Crippen LogP contribution in [0.1, 0.15) is 52.4 Å². The lowest BCUT2D eigenvalue weighted by Crippen LogP contribution is -2.73. The van der Waals surface area contributed by atoms with Crippen molar-refractivity contribution in [3.63, 3.8) is 0 Å². The van der Waals surface area contributed by atoms with Crippen molar-refractivity contribution in [2.24, 2.45) is 5.92 Å². The van der Waals surface area contributed by atoms with Crippen LogP contribution in [0.15, 0.2) is 0 Å². The van der Waals surface area contributed by atoms with E-state index in [1.54, 1.807) is 0 Å². The Morgan fingerprint density at radius 3 is 2.52 bits per heavy atom. The van der Waals surface area contributed by atoms with E-state index in [9.17, 15) is 9.59 Å². The lowest BCUT2D eigenvalue weighted by molar-refractivity contribution is -0.161. The van der Waals surface area contributed by atoms with Crippen LogP contribution in [0.5, 0.6) is 0 Å². The molecule has 1 saturated carbocycles. The lowest BCUT2D eigenvalue weighted by Gasteiger charge is -2.50. The highest BCUT2D eigenvalue weighted by Gasteiger charge is 2.53. The number of piperazine rings is 1. The fourth-order valence-electron chi connectivity index (χ4n) is 4.12. The molecular formula is C16H26N2O3. The van der Waals surface area contributed by atoms with Crippen LogP contribution in [0.4, 0.5) is 0 Å². The fraction of sp³-hybridized carbons (Fsp3) is 0.875. The second-order valence-corrected chi connectivity index (χ2v) is 7.05. The standard InChI is InChI=1S/C16H26N2O3/c1-11(2)13-14(19)17-16(7-4-3-5-8-16)15(20)18(13)12-6-9-21-10-12/h11-13H,3-10H2,1-2H3,(H,17,19). The molecule has 0 aromatic rings. The van der Waals surface area contributed by atoms with Crippen LogP contribution in [0, 0.1) is 5.92 Å². The smallest absolute Gasteiger partial charge is 0.249 e. The number of carbonyl (C=O) groups is 2. The zero-order valence-corrected chi connectivity index (χ0v) is 13.1. The maximum atomic E-state index is 13.2. The van der Waals surface area contributed by atoms with Crippen molar-refractivity contribution in [1.82, 2.24) is 10.2 Å². The summed E-state index contributed by atoms with van der Waals surface area (Å²) in [6.45, 7) is 5.28. The van der Waals surface area contributed by atoms with Crippen molar-refractivity contribution in [2.45, 2.75) is 70.0 Å². The summed E-state index contributed by atoms with van der Waals surface area (Å²) in [6.07, 6.45) is 5.61. The zero-order valence-electron chi connectivity index (χ0n) is 13.1. The third-order valence-corrected chi connectivity index (χ3v) is 5.21. The minimum atomic E-state index is -0.636. The normalized spacial score (nSPS) is 32.8. The van der Waals surface area contributed by atoms with Gasteiger partial charge in [-0.1, -0.05) is 33.1 Å². The average molecular weight is 294 g/mol. The average Bonchev–Trinajstić information content (AvgIpc) is 2.97. The molecule has 0 aromatic heterocycles. The minimum Gasteiger partial charge on any atom is -0.379 e. The first kappa shape index (κ1) is 14.8. The SMILES string of the molecule is CC(C)C1C(=O)NC2(CCCCC2)C(=O)N1C1CCOC1. The van der Waals surface area contributed by atoms with E-state index in [0.717, 1.165) is 38.5 Å². The summed E-state index contributed by atoms with van der Waals surface area (Å²) in [6, 6.07) is -0.286. The third-order valence-electron chi connectivity index (χ3n) is 5.21. The van der Waals surface area contributed by atoms with E-state index < -0.39 is 5.54 Å². The number of hydrogen-bond donors (Lipinski definition) is 1. The molecule has 2 atom stereocenters. The van der Waals surface area contributed by atoms with Crippen molar-refractivity contribution in [1.29, 1.82) is 0 Å². The van der Waals surface area contributed by atoms with Crippen molar-refractivity contribution >= 4 is 11.8 Å². The number of hydrogen-bond acceptors (Lipinski definition) is 3. The number of rotatable bonds is 2. The molecule has 3 rings (SSSR count). The van der Waals surface area contributed by atoms with Crippen molar-refractivity contribution < 1.29 is 14.3 Å². The Kier molecular flexibility index (Phi) is 3.95. The summed E-state index contributed by atoms with van der Waals surface area (Å²) >= 11 is 0. The fourth-order valence-corrected chi connectivity index (χ4v) is 4.12. The van der Waals surface area contributed by atoms with E-state index in [1.807, 2.05) is 18.7 Å². The van der Waals surface area contributed by atoms with Crippen LogP contribution in [-0.4, -0.2) is 47.6 Å². The number of nitrogens with one attached hydrogen (secondary N) is 1. The van der Waals surface area contributed by atoms with E-state index in [-0.39, 0.29) is 29.8 Å². The summed E-state index contributed by atoms with van der Waals surface area (Å²) in [5.74, 6) is 0.282. The van der Waals surface area contributed by atoms with Gasteiger partial charge in [-0.3, -0.25) is 9.59 Å². The Morgan fingerprint density at radius 2 is 1.95 bits per heavy atom. The van der Waals surface area contributed by atoms with Crippen LogP contribution in [0.3, 0.4) is 0 Å². The summed E-state index contributed by atoms with van der Waals surface area (Å²) in [7, 11) is 0. The van der Waals surface area contributed by atoms with Crippen molar-refractivity contribution in [2.75, 3.05) is 13.2 Å². The summed E-state index contributed by atoms with van der Waals surface area (Å²) in [4.78, 5) is 27.8. The molecule has 0 radical (unpaired) electrons. The molecule has 2 unspecified atom stereocenters. The van der Waals surface area contributed by atoms with Gasteiger partial charge < -0.3 is 15.0 Å². The van der Waals surface area contributed by atoms with Gasteiger partial charge in [0.15, 0.2) is 0 Å². The lowest BCUT2D eigenvalue weighted by atomic mass is 9.77. The van der Waals surface area contributed by atoms with Gasteiger partial charge >= 0.3 is 0 Å². The molecule has 0 bridgehead atoms. The number of ether oxygens (including phenoxy) is 1. The Balaban J connectivity index is 1.93. The van der Waals surface area contributed by atoms with E-state index in [4.69, 9.17) is 4.74 Å². The second kappa shape index (κ2) is 5.59. The van der Waals surface area contributed by atoms with Crippen LogP contribution in [-0.2, 0) is 14.3 Å². The molecule has 1 spiro atoms. The van der Waals surface area contributed by atoms with E-state index >= 15 is 0 Å². The van der Waals surface area contributed by atoms with Gasteiger partial charge in [0.2, 0.25) is 11.8 Å². The highest BCUT2D eigenvalue weighted by molar-refractivity contribution is 6.00. The molecular weight excluding hydrogens is 268 g/mol. The van der Waals surface area contributed by atoms with Crippen molar-refractivity contribution in [3.8, 4) is 0 Å². The van der Waals surface area contributed by atoms with E-state index in [2.05, 4.69) is 5.32 Å². The molecule has 2 aliphatic heterocycles. The Labute approximate surface area is 126 Å². The highest BCUT2D eigenvalue weighted by atomic mass is 16.5. The first-order valence-corrected chi connectivity index (χ1v) is 8.28. The number of carbonyl (C=O) groups excluding carboxylic acids is 2. The Morgan fingerprint density at radius 1 is 1.24 bits per heavy atom. The van der Waals surface area contributed by atoms with E-state index in [0.29, 0.717) is 13.2 Å². The third kappa shape index (κ3) is 2.45. The van der Waals surface area contributed by atoms with Crippen LogP contribution < -0.4 is 5.32 Å². The van der Waals surface area contributed by atoms with Gasteiger partial charge in [-0.05, 0) is 25.2 Å². The van der Waals surface area contributed by atoms with Gasteiger partial charge in [-0.2, -0.15) is 0 Å². The first-order chi connectivity index (χ1) is 10.1. The summed E-state index contributed by atoms with van der Waals surface area (Å²) in [5, 5.41) is 3.10. The van der Waals surface area contributed by atoms with Crippen LogP contribution >= 0.6 is 0 Å². The summed E-state index contributed by atoms with van der Waals surface area (Å²) < 4.78 is 5.47. The minimum absolute atomic E-state index is 0.0263. The predicted octanol–water partition coefficient (Wildman–Crippen LogP) is 1.46. The largest absolute Gasteiger partial charge is 0.379 e. The Bertz CT molecular complexity index is 423. The molecule has 2 heterocycles. The first-order valence-electron chi connectivity index (χ1n) is 8.28. The maximum Gasteiger partial charge on any atom is 0.249 e. The predicted molar refractivity (Wildman–Crippen MR) is 78.7 cm³/mol. The van der Waals surface area contributed by atoms with Crippen molar-refractivity contribution in [3.05, 3.63) is 0 Å². The molecule has 118 valence electrons. The van der Waals surface area contributed by atoms with Gasteiger partial charge in [-0.15, -0.1) is 0 Å². The molecule has 5 heteroatoms. The molecule has 21 heavy (non-hydrogen) atoms. The van der Waals surface area contributed by atoms with Gasteiger partial charge in [0.25, 0.3) is 0 Å². The van der Waals surface area contributed by atoms with E-state index in [1.165, 1.54) is 0 Å². The topological polar surface area (TPSA) is 58.6 Å². The maximum absolute atomic E-state index is 13.2. The molecule has 0 aromatic carbocycles. The van der Waals surface area contributed by atoms with Gasteiger partial charge in [0.1, 0.15) is 11.6 Å². The number of amides is 2. The van der Waals surface area contributed by atoms with Crippen LogP contribution in [0.25, 0.3) is 0 Å². The molecule has 2 amide bonds. The molecule has 3 fully saturated rings. The molecule has 1 aliphatic carbocycles. The van der Waals surface area contributed by atoms with Gasteiger partial charge in [0, 0.05) is 6.61 Å². The monoisotopic (exact) mass is 294 g/mol. The molecule has 5 nitrogen and oxygen atoms in total. The zero-order chi connectivity index (χ0) is 15.0. The van der Waals surface area contributed by atoms with Gasteiger partial charge in [0.05, 0.1) is 12.6 Å². The van der Waals surface area contributed by atoms with Gasteiger partial charge in [-0.25, -0.2) is 0 Å². The summed E-state index contributed by atoms with van der Waals surface area (Å²) in [5.41, 5.74) is -0.636.